The maximum atomic E-state index is 5.95. The van der Waals surface area contributed by atoms with Gasteiger partial charge in [-0.3, -0.25) is 0 Å². The predicted molar refractivity (Wildman–Crippen MR) is 87.1 cm³/mol. The fourth-order valence-corrected chi connectivity index (χ4v) is 2.94. The van der Waals surface area contributed by atoms with Gasteiger partial charge in [-0.2, -0.15) is 0 Å². The molecule has 0 fully saturated rings. The number of hydrogen-bond acceptors (Lipinski definition) is 5. The molecule has 106 valence electrons. The molecule has 0 bridgehead atoms. The number of thiazole rings is 1. The normalized spacial score (nSPS) is 10.8. The lowest BCUT2D eigenvalue weighted by Gasteiger charge is -2.01. The van der Waals surface area contributed by atoms with E-state index in [1.165, 1.54) is 5.56 Å². The van der Waals surface area contributed by atoms with Gasteiger partial charge < -0.3 is 5.73 Å². The summed E-state index contributed by atoms with van der Waals surface area (Å²) in [6.45, 7) is 3.97. The van der Waals surface area contributed by atoms with E-state index in [0.717, 1.165) is 28.2 Å². The van der Waals surface area contributed by atoms with Crippen LogP contribution < -0.4 is 5.73 Å². The average Bonchev–Trinajstić information content (AvgIpc) is 2.97. The van der Waals surface area contributed by atoms with Crippen LogP contribution >= 0.6 is 11.3 Å². The molecule has 0 amide bonds. The third-order valence-corrected chi connectivity index (χ3v) is 4.21. The summed E-state index contributed by atoms with van der Waals surface area (Å²) in [6.07, 6.45) is 2.78. The van der Waals surface area contributed by atoms with Crippen LogP contribution in [-0.4, -0.2) is 15.0 Å². The molecule has 0 aliphatic heterocycles. The highest BCUT2D eigenvalue weighted by atomic mass is 32.1. The van der Waals surface area contributed by atoms with Crippen LogP contribution in [0.3, 0.4) is 0 Å². The van der Waals surface area contributed by atoms with E-state index < -0.39 is 0 Å². The van der Waals surface area contributed by atoms with Crippen molar-refractivity contribution in [1.82, 2.24) is 15.0 Å². The lowest BCUT2D eigenvalue weighted by atomic mass is 10.1. The summed E-state index contributed by atoms with van der Waals surface area (Å²) in [6, 6.07) is 8.48. The fraction of sp³-hybridized carbons (Fsp3) is 0.188. The SMILES string of the molecule is CCc1ccc(-c2csc(-c3cnc(C)nc3N)n2)cc1. The molecule has 0 saturated heterocycles. The summed E-state index contributed by atoms with van der Waals surface area (Å²) in [4.78, 5) is 13.0. The van der Waals surface area contributed by atoms with Crippen molar-refractivity contribution < 1.29 is 0 Å². The zero-order valence-electron chi connectivity index (χ0n) is 12.0. The monoisotopic (exact) mass is 296 g/mol. The number of benzene rings is 1. The second kappa shape index (κ2) is 5.61. The number of nitrogen functional groups attached to an aromatic ring is 1. The third kappa shape index (κ3) is 2.78. The summed E-state index contributed by atoms with van der Waals surface area (Å²) >= 11 is 1.56. The standard InChI is InChI=1S/C16H16N4S/c1-3-11-4-6-12(7-5-11)14-9-21-16(20-14)13-8-18-10(2)19-15(13)17/h4-9H,3H2,1-2H3,(H2,17,18,19). The van der Waals surface area contributed by atoms with Crippen molar-refractivity contribution in [3.63, 3.8) is 0 Å². The van der Waals surface area contributed by atoms with Gasteiger partial charge in [0.15, 0.2) is 0 Å². The van der Waals surface area contributed by atoms with Gasteiger partial charge in [0.2, 0.25) is 0 Å². The topological polar surface area (TPSA) is 64.7 Å². The van der Waals surface area contributed by atoms with Gasteiger partial charge in [-0.25, -0.2) is 15.0 Å². The van der Waals surface area contributed by atoms with Crippen molar-refractivity contribution in [3.8, 4) is 21.8 Å². The fourth-order valence-electron chi connectivity index (χ4n) is 2.09. The highest BCUT2D eigenvalue weighted by molar-refractivity contribution is 7.13. The highest BCUT2D eigenvalue weighted by Crippen LogP contribution is 2.31. The Morgan fingerprint density at radius 2 is 1.90 bits per heavy atom. The van der Waals surface area contributed by atoms with Crippen LogP contribution in [0.15, 0.2) is 35.8 Å². The Morgan fingerprint density at radius 3 is 2.57 bits per heavy atom. The summed E-state index contributed by atoms with van der Waals surface area (Å²) in [5.74, 6) is 1.15. The number of aryl methyl sites for hydroxylation is 2. The van der Waals surface area contributed by atoms with Gasteiger partial charge in [-0.1, -0.05) is 31.2 Å². The molecule has 1 aromatic carbocycles. The summed E-state index contributed by atoms with van der Waals surface area (Å²) in [5, 5.41) is 2.89. The van der Waals surface area contributed by atoms with Crippen molar-refractivity contribution >= 4 is 17.2 Å². The van der Waals surface area contributed by atoms with Crippen LogP contribution in [0, 0.1) is 6.92 Å². The second-order valence-corrected chi connectivity index (χ2v) is 5.66. The smallest absolute Gasteiger partial charge is 0.137 e. The minimum absolute atomic E-state index is 0.477. The number of rotatable bonds is 3. The summed E-state index contributed by atoms with van der Waals surface area (Å²) < 4.78 is 0. The molecule has 0 aliphatic carbocycles. The molecule has 4 nitrogen and oxygen atoms in total. The largest absolute Gasteiger partial charge is 0.383 e. The molecule has 2 N–H and O–H groups in total. The number of hydrogen-bond donors (Lipinski definition) is 1. The zero-order valence-corrected chi connectivity index (χ0v) is 12.8. The maximum absolute atomic E-state index is 5.95. The molecule has 0 saturated carbocycles. The van der Waals surface area contributed by atoms with E-state index in [-0.39, 0.29) is 0 Å². The summed E-state index contributed by atoms with van der Waals surface area (Å²) in [5.41, 5.74) is 10.1. The molecule has 5 heteroatoms. The maximum Gasteiger partial charge on any atom is 0.137 e. The Kier molecular flexibility index (Phi) is 3.66. The minimum Gasteiger partial charge on any atom is -0.383 e. The molecular formula is C16H16N4S. The molecule has 3 aromatic rings. The van der Waals surface area contributed by atoms with Gasteiger partial charge in [-0.05, 0) is 18.9 Å². The van der Waals surface area contributed by atoms with Crippen LogP contribution in [0.4, 0.5) is 5.82 Å². The van der Waals surface area contributed by atoms with E-state index in [9.17, 15) is 0 Å². The molecule has 3 rings (SSSR count). The highest BCUT2D eigenvalue weighted by Gasteiger charge is 2.11. The first-order chi connectivity index (χ1) is 10.2. The zero-order chi connectivity index (χ0) is 14.8. The van der Waals surface area contributed by atoms with Gasteiger partial charge >= 0.3 is 0 Å². The van der Waals surface area contributed by atoms with Crippen LogP contribution in [0.2, 0.25) is 0 Å². The molecule has 0 unspecified atom stereocenters. The van der Waals surface area contributed by atoms with Crippen LogP contribution in [0.1, 0.15) is 18.3 Å². The Labute approximate surface area is 127 Å². The third-order valence-electron chi connectivity index (χ3n) is 3.33. The Bertz CT molecular complexity index is 762. The van der Waals surface area contributed by atoms with Gasteiger partial charge in [0.1, 0.15) is 16.6 Å². The van der Waals surface area contributed by atoms with Crippen molar-refractivity contribution in [2.75, 3.05) is 5.73 Å². The van der Waals surface area contributed by atoms with Gasteiger partial charge in [0.25, 0.3) is 0 Å². The molecule has 0 aliphatic rings. The van der Waals surface area contributed by atoms with E-state index in [4.69, 9.17) is 5.73 Å². The van der Waals surface area contributed by atoms with E-state index in [2.05, 4.69) is 46.1 Å². The lowest BCUT2D eigenvalue weighted by Crippen LogP contribution is -1.98. The number of aromatic nitrogens is 3. The first-order valence-corrected chi connectivity index (χ1v) is 7.69. The Hall–Kier alpha value is -2.27. The van der Waals surface area contributed by atoms with E-state index in [0.29, 0.717) is 11.6 Å². The quantitative estimate of drug-likeness (QED) is 0.800. The van der Waals surface area contributed by atoms with E-state index in [1.54, 1.807) is 17.5 Å². The van der Waals surface area contributed by atoms with E-state index >= 15 is 0 Å². The van der Waals surface area contributed by atoms with Crippen molar-refractivity contribution in [3.05, 3.63) is 47.2 Å². The number of nitrogens with two attached hydrogens (primary N) is 1. The lowest BCUT2D eigenvalue weighted by molar-refractivity contribution is 1.06. The number of nitrogens with zero attached hydrogens (tertiary/aromatic N) is 3. The molecular weight excluding hydrogens is 280 g/mol. The van der Waals surface area contributed by atoms with Gasteiger partial charge in [0.05, 0.1) is 11.3 Å². The van der Waals surface area contributed by atoms with Crippen molar-refractivity contribution in [1.29, 1.82) is 0 Å². The molecule has 2 heterocycles. The van der Waals surface area contributed by atoms with Crippen LogP contribution in [0.5, 0.6) is 0 Å². The Balaban J connectivity index is 1.95. The average molecular weight is 296 g/mol. The van der Waals surface area contributed by atoms with Crippen molar-refractivity contribution in [2.45, 2.75) is 20.3 Å². The second-order valence-electron chi connectivity index (χ2n) is 4.80. The summed E-state index contributed by atoms with van der Waals surface area (Å²) in [7, 11) is 0. The Morgan fingerprint density at radius 1 is 1.14 bits per heavy atom. The van der Waals surface area contributed by atoms with Crippen molar-refractivity contribution in [2.24, 2.45) is 0 Å². The van der Waals surface area contributed by atoms with Gasteiger partial charge in [0, 0.05) is 17.1 Å². The van der Waals surface area contributed by atoms with Crippen LogP contribution in [0.25, 0.3) is 21.8 Å². The molecule has 0 spiro atoms. The molecule has 21 heavy (non-hydrogen) atoms. The minimum atomic E-state index is 0.477. The molecule has 0 atom stereocenters. The number of anilines is 1. The predicted octanol–water partition coefficient (Wildman–Crippen LogP) is 3.72. The van der Waals surface area contributed by atoms with Crippen LogP contribution in [-0.2, 0) is 6.42 Å². The first-order valence-electron chi connectivity index (χ1n) is 6.81. The molecule has 0 radical (unpaired) electrons. The van der Waals surface area contributed by atoms with Gasteiger partial charge in [-0.15, -0.1) is 11.3 Å². The molecule has 2 aromatic heterocycles. The van der Waals surface area contributed by atoms with E-state index in [1.807, 2.05) is 12.3 Å². The first kappa shape index (κ1) is 13.7.